The molecule has 0 spiro atoms. The van der Waals surface area contributed by atoms with Crippen LogP contribution in [0.5, 0.6) is 0 Å². The van der Waals surface area contributed by atoms with Crippen molar-refractivity contribution in [2.24, 2.45) is 11.3 Å². The van der Waals surface area contributed by atoms with Crippen molar-refractivity contribution in [3.63, 3.8) is 0 Å². The number of benzene rings is 1. The number of nitrogens with one attached hydrogen (secondary N) is 2. The number of aromatic amines is 1. The second-order valence-electron chi connectivity index (χ2n) is 5.75. The SMILES string of the molecule is CCC(C=N)(CC(C)C)C(=O)c1ccc2[nH]ncc2c1. The van der Waals surface area contributed by atoms with Gasteiger partial charge < -0.3 is 5.41 Å². The molecule has 4 heteroatoms. The molecule has 106 valence electrons. The summed E-state index contributed by atoms with van der Waals surface area (Å²) in [6.45, 7) is 6.14. The average molecular weight is 271 g/mol. The predicted octanol–water partition coefficient (Wildman–Crippen LogP) is 3.84. The van der Waals surface area contributed by atoms with E-state index >= 15 is 0 Å². The predicted molar refractivity (Wildman–Crippen MR) is 81.4 cm³/mol. The number of nitrogens with zero attached hydrogens (tertiary/aromatic N) is 1. The zero-order valence-corrected chi connectivity index (χ0v) is 12.2. The first-order valence-electron chi connectivity index (χ1n) is 7.02. The van der Waals surface area contributed by atoms with E-state index in [1.54, 1.807) is 6.20 Å². The summed E-state index contributed by atoms with van der Waals surface area (Å²) in [5, 5.41) is 15.5. The number of H-pyrrole nitrogens is 1. The molecule has 2 rings (SSSR count). The molecule has 4 nitrogen and oxygen atoms in total. The van der Waals surface area contributed by atoms with Crippen molar-refractivity contribution in [2.45, 2.75) is 33.6 Å². The Balaban J connectivity index is 2.42. The first-order valence-corrected chi connectivity index (χ1v) is 7.02. The molecule has 0 bridgehead atoms. The second-order valence-corrected chi connectivity index (χ2v) is 5.75. The van der Waals surface area contributed by atoms with Gasteiger partial charge in [-0.2, -0.15) is 5.10 Å². The van der Waals surface area contributed by atoms with Gasteiger partial charge in [0.2, 0.25) is 0 Å². The Bertz CT molecular complexity index is 629. The first kappa shape index (κ1) is 14.4. The van der Waals surface area contributed by atoms with E-state index in [-0.39, 0.29) is 5.78 Å². The number of Topliss-reactive ketones (excluding diaryl/α,β-unsaturated/α-hetero) is 1. The molecule has 0 saturated heterocycles. The van der Waals surface area contributed by atoms with E-state index in [0.29, 0.717) is 24.3 Å². The quantitative estimate of drug-likeness (QED) is 0.619. The van der Waals surface area contributed by atoms with E-state index in [2.05, 4.69) is 24.0 Å². The Morgan fingerprint density at radius 2 is 2.25 bits per heavy atom. The Kier molecular flexibility index (Phi) is 4.02. The van der Waals surface area contributed by atoms with Crippen molar-refractivity contribution in [3.8, 4) is 0 Å². The van der Waals surface area contributed by atoms with Crippen LogP contribution in [0.1, 0.15) is 44.0 Å². The van der Waals surface area contributed by atoms with E-state index in [0.717, 1.165) is 10.9 Å². The molecule has 1 aromatic heterocycles. The molecule has 0 fully saturated rings. The number of aromatic nitrogens is 2. The molecule has 0 radical (unpaired) electrons. The lowest BCUT2D eigenvalue weighted by Crippen LogP contribution is -2.33. The third kappa shape index (κ3) is 2.50. The van der Waals surface area contributed by atoms with Crippen LogP contribution in [-0.2, 0) is 0 Å². The summed E-state index contributed by atoms with van der Waals surface area (Å²) in [5.74, 6) is 0.407. The van der Waals surface area contributed by atoms with Crippen LogP contribution in [0.2, 0.25) is 0 Å². The van der Waals surface area contributed by atoms with Crippen molar-refractivity contribution in [1.29, 1.82) is 5.41 Å². The van der Waals surface area contributed by atoms with Gasteiger partial charge >= 0.3 is 0 Å². The average Bonchev–Trinajstić information content (AvgIpc) is 2.91. The fourth-order valence-corrected chi connectivity index (χ4v) is 2.72. The summed E-state index contributed by atoms with van der Waals surface area (Å²) >= 11 is 0. The summed E-state index contributed by atoms with van der Waals surface area (Å²) in [7, 11) is 0. The van der Waals surface area contributed by atoms with Gasteiger partial charge in [0.25, 0.3) is 0 Å². The molecule has 1 atom stereocenters. The van der Waals surface area contributed by atoms with Crippen molar-refractivity contribution >= 4 is 22.9 Å². The van der Waals surface area contributed by atoms with E-state index in [4.69, 9.17) is 5.41 Å². The normalized spacial score (nSPS) is 14.4. The largest absolute Gasteiger partial charge is 0.312 e. The zero-order valence-electron chi connectivity index (χ0n) is 12.2. The molecule has 0 aliphatic carbocycles. The van der Waals surface area contributed by atoms with Crippen LogP contribution in [0.3, 0.4) is 0 Å². The van der Waals surface area contributed by atoms with Crippen molar-refractivity contribution < 1.29 is 4.79 Å². The zero-order chi connectivity index (χ0) is 14.8. The summed E-state index contributed by atoms with van der Waals surface area (Å²) in [5.41, 5.74) is 0.887. The number of carbonyl (C=O) groups excluding carboxylic acids is 1. The van der Waals surface area contributed by atoms with E-state index in [1.807, 2.05) is 25.1 Å². The van der Waals surface area contributed by atoms with Gasteiger partial charge in [-0.3, -0.25) is 9.89 Å². The lowest BCUT2D eigenvalue weighted by Gasteiger charge is -2.28. The highest BCUT2D eigenvalue weighted by atomic mass is 16.1. The third-order valence-corrected chi connectivity index (χ3v) is 3.83. The Morgan fingerprint density at radius 3 is 2.85 bits per heavy atom. The highest BCUT2D eigenvalue weighted by Gasteiger charge is 2.35. The molecular weight excluding hydrogens is 250 g/mol. The van der Waals surface area contributed by atoms with Gasteiger partial charge in [-0.25, -0.2) is 0 Å². The lowest BCUT2D eigenvalue weighted by atomic mass is 9.73. The maximum Gasteiger partial charge on any atom is 0.174 e. The minimum atomic E-state index is -0.689. The molecule has 20 heavy (non-hydrogen) atoms. The smallest absolute Gasteiger partial charge is 0.174 e. The fraction of sp³-hybridized carbons (Fsp3) is 0.438. The molecule has 0 amide bonds. The van der Waals surface area contributed by atoms with Crippen LogP contribution in [-0.4, -0.2) is 22.2 Å². The van der Waals surface area contributed by atoms with Gasteiger partial charge in [-0.05, 0) is 37.0 Å². The van der Waals surface area contributed by atoms with Crippen LogP contribution >= 0.6 is 0 Å². The minimum absolute atomic E-state index is 0.0341. The van der Waals surface area contributed by atoms with Crippen LogP contribution in [0.15, 0.2) is 24.4 Å². The number of carbonyl (C=O) groups is 1. The number of fused-ring (bicyclic) bond motifs is 1. The first-order chi connectivity index (χ1) is 9.52. The van der Waals surface area contributed by atoms with Crippen molar-refractivity contribution in [2.75, 3.05) is 0 Å². The standard InChI is InChI=1S/C16H21N3O/c1-4-16(10-17,8-11(2)3)15(20)12-5-6-14-13(7-12)9-18-19-14/h5-7,9-11,17H,4,8H2,1-3H3,(H,18,19). The summed E-state index contributed by atoms with van der Waals surface area (Å²) < 4.78 is 0. The fourth-order valence-electron chi connectivity index (χ4n) is 2.72. The topological polar surface area (TPSA) is 69.6 Å². The number of hydrogen-bond donors (Lipinski definition) is 2. The molecule has 0 aliphatic heterocycles. The van der Waals surface area contributed by atoms with E-state index < -0.39 is 5.41 Å². The summed E-state index contributed by atoms with van der Waals surface area (Å²) in [4.78, 5) is 12.8. The van der Waals surface area contributed by atoms with Crippen LogP contribution < -0.4 is 0 Å². The van der Waals surface area contributed by atoms with Crippen LogP contribution in [0, 0.1) is 16.7 Å². The van der Waals surface area contributed by atoms with E-state index in [1.165, 1.54) is 6.21 Å². The number of hydrogen-bond acceptors (Lipinski definition) is 3. The van der Waals surface area contributed by atoms with E-state index in [9.17, 15) is 4.79 Å². The third-order valence-electron chi connectivity index (χ3n) is 3.83. The lowest BCUT2D eigenvalue weighted by molar-refractivity contribution is 0.0847. The Morgan fingerprint density at radius 1 is 1.50 bits per heavy atom. The second kappa shape index (κ2) is 5.57. The van der Waals surface area contributed by atoms with Gasteiger partial charge in [0.15, 0.2) is 5.78 Å². The highest BCUT2D eigenvalue weighted by Crippen LogP contribution is 2.33. The molecule has 1 heterocycles. The molecule has 0 aliphatic rings. The maximum atomic E-state index is 12.8. The maximum absolute atomic E-state index is 12.8. The highest BCUT2D eigenvalue weighted by molar-refractivity contribution is 6.10. The molecule has 2 aromatic rings. The van der Waals surface area contributed by atoms with Gasteiger partial charge in [0.05, 0.1) is 17.1 Å². The minimum Gasteiger partial charge on any atom is -0.312 e. The van der Waals surface area contributed by atoms with Crippen molar-refractivity contribution in [3.05, 3.63) is 30.0 Å². The van der Waals surface area contributed by atoms with Gasteiger partial charge in [-0.15, -0.1) is 0 Å². The summed E-state index contributed by atoms with van der Waals surface area (Å²) in [6, 6.07) is 5.54. The molecular formula is C16H21N3O. The van der Waals surface area contributed by atoms with Gasteiger partial charge in [0.1, 0.15) is 0 Å². The Labute approximate surface area is 119 Å². The molecule has 1 aromatic carbocycles. The number of rotatable bonds is 6. The molecule has 2 N–H and O–H groups in total. The molecule has 1 unspecified atom stereocenters. The van der Waals surface area contributed by atoms with Gasteiger partial charge in [-0.1, -0.05) is 20.8 Å². The monoisotopic (exact) mass is 271 g/mol. The molecule has 0 saturated carbocycles. The number of ketones is 1. The summed E-state index contributed by atoms with van der Waals surface area (Å²) in [6.07, 6.45) is 4.40. The Hall–Kier alpha value is -1.97. The van der Waals surface area contributed by atoms with Crippen LogP contribution in [0.25, 0.3) is 10.9 Å². The van der Waals surface area contributed by atoms with Gasteiger partial charge in [0, 0.05) is 17.2 Å². The van der Waals surface area contributed by atoms with Crippen molar-refractivity contribution in [1.82, 2.24) is 10.2 Å². The van der Waals surface area contributed by atoms with Crippen LogP contribution in [0.4, 0.5) is 0 Å².